The van der Waals surface area contributed by atoms with Gasteiger partial charge in [-0.2, -0.15) is 11.8 Å². The van der Waals surface area contributed by atoms with Crippen molar-refractivity contribution in [2.45, 2.75) is 50.8 Å². The minimum atomic E-state index is -0.0104. The lowest BCUT2D eigenvalue weighted by atomic mass is 9.97. The van der Waals surface area contributed by atoms with Gasteiger partial charge in [-0.25, -0.2) is 4.98 Å². The van der Waals surface area contributed by atoms with Gasteiger partial charge in [0.05, 0.1) is 11.1 Å². The number of aromatic amines is 1. The number of aryl methyl sites for hydroxylation is 2. The Labute approximate surface area is 161 Å². The predicted molar refractivity (Wildman–Crippen MR) is 109 cm³/mol. The monoisotopic (exact) mass is 394 g/mol. The molecule has 26 heavy (non-hydrogen) atoms. The molecule has 0 saturated carbocycles. The van der Waals surface area contributed by atoms with E-state index in [2.05, 4.69) is 20.6 Å². The molecule has 142 valence electrons. The van der Waals surface area contributed by atoms with Crippen molar-refractivity contribution in [3.8, 4) is 0 Å². The van der Waals surface area contributed by atoms with Crippen molar-refractivity contribution in [1.29, 1.82) is 0 Å². The number of rotatable bonds is 8. The van der Waals surface area contributed by atoms with Crippen molar-refractivity contribution in [2.75, 3.05) is 19.3 Å². The first-order valence-electron chi connectivity index (χ1n) is 9.13. The summed E-state index contributed by atoms with van der Waals surface area (Å²) in [7, 11) is 1.88. The zero-order valence-corrected chi connectivity index (χ0v) is 16.9. The Kier molecular flexibility index (Phi) is 6.72. The molecular weight excluding hydrogens is 368 g/mol. The van der Waals surface area contributed by atoms with Gasteiger partial charge in [0.1, 0.15) is 10.7 Å². The lowest BCUT2D eigenvalue weighted by Crippen LogP contribution is -2.37. The van der Waals surface area contributed by atoms with Gasteiger partial charge in [-0.15, -0.1) is 11.3 Å². The Balaban J connectivity index is 1.53. The lowest BCUT2D eigenvalue weighted by molar-refractivity contribution is -0.120. The average Bonchev–Trinajstić information content (AvgIpc) is 3.02. The minimum absolute atomic E-state index is 0.0104. The third-order valence-electron chi connectivity index (χ3n) is 4.68. The Morgan fingerprint density at radius 2 is 2.19 bits per heavy atom. The van der Waals surface area contributed by atoms with Crippen LogP contribution in [0, 0.1) is 0 Å². The van der Waals surface area contributed by atoms with Gasteiger partial charge in [0.15, 0.2) is 0 Å². The van der Waals surface area contributed by atoms with Crippen molar-refractivity contribution < 1.29 is 4.79 Å². The van der Waals surface area contributed by atoms with E-state index in [4.69, 9.17) is 0 Å². The number of nitrogens with zero attached hydrogens (tertiary/aromatic N) is 1. The fourth-order valence-electron chi connectivity index (χ4n) is 3.07. The Hall–Kier alpha value is -1.38. The second kappa shape index (κ2) is 9.01. The predicted octanol–water partition coefficient (Wildman–Crippen LogP) is 2.21. The van der Waals surface area contributed by atoms with E-state index in [9.17, 15) is 9.59 Å². The molecule has 3 N–H and O–H groups in total. The van der Waals surface area contributed by atoms with Gasteiger partial charge in [0.25, 0.3) is 5.56 Å². The minimum Gasteiger partial charge on any atom is -0.355 e. The summed E-state index contributed by atoms with van der Waals surface area (Å²) in [5, 5.41) is 6.79. The number of hydrogen-bond acceptors (Lipinski definition) is 6. The van der Waals surface area contributed by atoms with Crippen LogP contribution in [-0.2, 0) is 23.4 Å². The molecule has 1 unspecified atom stereocenters. The molecule has 0 bridgehead atoms. The molecule has 0 radical (unpaired) electrons. The largest absolute Gasteiger partial charge is 0.355 e. The first-order chi connectivity index (χ1) is 12.6. The summed E-state index contributed by atoms with van der Waals surface area (Å²) in [4.78, 5) is 34.1. The van der Waals surface area contributed by atoms with Crippen molar-refractivity contribution in [2.24, 2.45) is 0 Å². The molecule has 0 fully saturated rings. The molecule has 2 aromatic heterocycles. The maximum atomic E-state index is 12.5. The molecule has 0 aromatic carbocycles. The van der Waals surface area contributed by atoms with Crippen molar-refractivity contribution in [3.05, 3.63) is 26.6 Å². The summed E-state index contributed by atoms with van der Waals surface area (Å²) in [6.07, 6.45) is 4.90. The summed E-state index contributed by atoms with van der Waals surface area (Å²) < 4.78 is 0. The normalized spacial score (nSPS) is 15.0. The molecule has 0 spiro atoms. The van der Waals surface area contributed by atoms with Crippen LogP contribution < -0.4 is 16.2 Å². The summed E-state index contributed by atoms with van der Waals surface area (Å²) >= 11 is 3.30. The molecule has 1 aliphatic carbocycles. The third kappa shape index (κ3) is 4.66. The van der Waals surface area contributed by atoms with Gasteiger partial charge < -0.3 is 15.6 Å². The van der Waals surface area contributed by atoms with Gasteiger partial charge in [-0.1, -0.05) is 0 Å². The number of carbonyl (C=O) groups is 1. The molecule has 0 saturated heterocycles. The van der Waals surface area contributed by atoms with Crippen LogP contribution in [0.25, 0.3) is 10.2 Å². The number of fused-ring (bicyclic) bond motifs is 3. The number of H-pyrrole nitrogens is 1. The highest BCUT2D eigenvalue weighted by Crippen LogP contribution is 2.33. The van der Waals surface area contributed by atoms with Crippen LogP contribution in [0.2, 0.25) is 0 Å². The lowest BCUT2D eigenvalue weighted by Gasteiger charge is -2.11. The van der Waals surface area contributed by atoms with E-state index in [1.807, 2.05) is 14.0 Å². The Morgan fingerprint density at radius 1 is 1.38 bits per heavy atom. The molecule has 2 aromatic rings. The molecule has 3 rings (SSSR count). The Bertz CT molecular complexity index is 830. The number of thioether (sulfide) groups is 1. The van der Waals surface area contributed by atoms with E-state index in [-0.39, 0.29) is 17.5 Å². The molecule has 1 aliphatic rings. The molecule has 6 nitrogen and oxygen atoms in total. The summed E-state index contributed by atoms with van der Waals surface area (Å²) in [6.45, 7) is 2.66. The zero-order valence-electron chi connectivity index (χ0n) is 15.3. The average molecular weight is 395 g/mol. The number of nitrogens with one attached hydrogen (secondary N) is 3. The van der Waals surface area contributed by atoms with Gasteiger partial charge >= 0.3 is 0 Å². The number of aromatic nitrogens is 2. The number of thiophene rings is 1. The van der Waals surface area contributed by atoms with E-state index in [1.54, 1.807) is 23.1 Å². The van der Waals surface area contributed by atoms with Crippen LogP contribution >= 0.6 is 23.1 Å². The third-order valence-corrected chi connectivity index (χ3v) is 6.84. The topological polar surface area (TPSA) is 86.9 Å². The van der Waals surface area contributed by atoms with Crippen LogP contribution in [0.3, 0.4) is 0 Å². The van der Waals surface area contributed by atoms with Crippen LogP contribution in [0.15, 0.2) is 4.79 Å². The van der Waals surface area contributed by atoms with Crippen LogP contribution in [0.4, 0.5) is 0 Å². The second-order valence-corrected chi connectivity index (χ2v) is 8.89. The zero-order chi connectivity index (χ0) is 18.5. The molecule has 2 heterocycles. The van der Waals surface area contributed by atoms with Crippen molar-refractivity contribution in [3.63, 3.8) is 0 Å². The first-order valence-corrected chi connectivity index (χ1v) is 11.1. The van der Waals surface area contributed by atoms with E-state index >= 15 is 0 Å². The van der Waals surface area contributed by atoms with E-state index in [0.717, 1.165) is 29.5 Å². The smallest absolute Gasteiger partial charge is 0.259 e. The van der Waals surface area contributed by atoms with Crippen LogP contribution in [-0.4, -0.2) is 41.3 Å². The fraction of sp³-hybridized carbons (Fsp3) is 0.611. The van der Waals surface area contributed by atoms with Crippen molar-refractivity contribution >= 4 is 39.2 Å². The fourth-order valence-corrected chi connectivity index (χ4v) is 5.15. The molecule has 0 aliphatic heterocycles. The van der Waals surface area contributed by atoms with Gasteiger partial charge in [-0.3, -0.25) is 9.59 Å². The molecule has 8 heteroatoms. The standard InChI is InChI=1S/C18H26N4O2S2/c1-11(19-2)9-20-15(23)7-8-25-10-14-21-17(24)16-12-5-3-4-6-13(12)26-18(16)22-14/h11,19H,3-10H2,1-2H3,(H,20,23)(H,21,22,24). The van der Waals surface area contributed by atoms with E-state index in [1.165, 1.54) is 16.9 Å². The van der Waals surface area contributed by atoms with Gasteiger partial charge in [0.2, 0.25) is 5.91 Å². The van der Waals surface area contributed by atoms with Crippen LogP contribution in [0.5, 0.6) is 0 Å². The summed E-state index contributed by atoms with van der Waals surface area (Å²) in [6, 6.07) is 0.268. The van der Waals surface area contributed by atoms with Gasteiger partial charge in [-0.05, 0) is 45.2 Å². The SMILES string of the molecule is CNC(C)CNC(=O)CCSCc1nc2sc3c(c2c(=O)[nH]1)CCCC3. The summed E-state index contributed by atoms with van der Waals surface area (Å²) in [5.74, 6) is 2.09. The highest BCUT2D eigenvalue weighted by atomic mass is 32.2. The summed E-state index contributed by atoms with van der Waals surface area (Å²) in [5.41, 5.74) is 1.21. The van der Waals surface area contributed by atoms with Crippen LogP contribution in [0.1, 0.15) is 42.5 Å². The quantitative estimate of drug-likeness (QED) is 0.598. The highest BCUT2D eigenvalue weighted by molar-refractivity contribution is 7.98. The first kappa shape index (κ1) is 19.4. The second-order valence-electron chi connectivity index (χ2n) is 6.70. The number of amides is 1. The number of hydrogen-bond donors (Lipinski definition) is 3. The number of carbonyl (C=O) groups excluding carboxylic acids is 1. The number of likely N-dealkylation sites (N-methyl/N-ethyl adjacent to an activating group) is 1. The molecular formula is C18H26N4O2S2. The van der Waals surface area contributed by atoms with Gasteiger partial charge in [0, 0.05) is 29.6 Å². The maximum Gasteiger partial charge on any atom is 0.259 e. The molecule has 1 amide bonds. The Morgan fingerprint density at radius 3 is 3.00 bits per heavy atom. The van der Waals surface area contributed by atoms with Crippen molar-refractivity contribution in [1.82, 2.24) is 20.6 Å². The van der Waals surface area contributed by atoms with E-state index in [0.29, 0.717) is 30.3 Å². The highest BCUT2D eigenvalue weighted by Gasteiger charge is 2.19. The molecule has 1 atom stereocenters. The maximum absolute atomic E-state index is 12.5. The van der Waals surface area contributed by atoms with E-state index < -0.39 is 0 Å².